The van der Waals surface area contributed by atoms with E-state index in [1.54, 1.807) is 37.4 Å². The highest BCUT2D eigenvalue weighted by molar-refractivity contribution is 9.09. The standard InChI is InChI=1S/C10H14BrNO2S/c1-12(9-5-8-11)15(13,14)10-6-3-2-4-7-10/h2-4,6-7H,5,8-9H2,1H3. The van der Waals surface area contributed by atoms with E-state index in [2.05, 4.69) is 15.9 Å². The van der Waals surface area contributed by atoms with Crippen LogP contribution in [-0.2, 0) is 10.0 Å². The molecule has 1 aromatic rings. The molecule has 0 bridgehead atoms. The van der Waals surface area contributed by atoms with Gasteiger partial charge in [-0.1, -0.05) is 34.1 Å². The van der Waals surface area contributed by atoms with Gasteiger partial charge in [0.25, 0.3) is 0 Å². The second kappa shape index (κ2) is 5.63. The first kappa shape index (κ1) is 12.7. The van der Waals surface area contributed by atoms with Crippen LogP contribution in [0.3, 0.4) is 0 Å². The van der Waals surface area contributed by atoms with Gasteiger partial charge in [-0.3, -0.25) is 0 Å². The van der Waals surface area contributed by atoms with Crippen molar-refractivity contribution >= 4 is 26.0 Å². The molecule has 0 saturated heterocycles. The summed E-state index contributed by atoms with van der Waals surface area (Å²) in [5, 5.41) is 0.807. The largest absolute Gasteiger partial charge is 0.242 e. The molecule has 0 aliphatic carbocycles. The normalized spacial score (nSPS) is 11.9. The van der Waals surface area contributed by atoms with Crippen LogP contribution in [-0.4, -0.2) is 31.6 Å². The molecule has 1 rings (SSSR count). The molecular weight excluding hydrogens is 278 g/mol. The zero-order chi connectivity index (χ0) is 11.3. The van der Waals surface area contributed by atoms with Gasteiger partial charge in [-0.05, 0) is 18.6 Å². The lowest BCUT2D eigenvalue weighted by molar-refractivity contribution is 0.470. The van der Waals surface area contributed by atoms with E-state index in [1.807, 2.05) is 0 Å². The van der Waals surface area contributed by atoms with Gasteiger partial charge in [0, 0.05) is 18.9 Å². The lowest BCUT2D eigenvalue weighted by Crippen LogP contribution is -2.28. The van der Waals surface area contributed by atoms with Crippen molar-refractivity contribution in [2.45, 2.75) is 11.3 Å². The summed E-state index contributed by atoms with van der Waals surface area (Å²) in [6, 6.07) is 8.48. The van der Waals surface area contributed by atoms with Crippen LogP contribution in [0.2, 0.25) is 0 Å². The van der Waals surface area contributed by atoms with E-state index in [0.717, 1.165) is 11.8 Å². The van der Waals surface area contributed by atoms with E-state index in [4.69, 9.17) is 0 Å². The fourth-order valence-corrected chi connectivity index (χ4v) is 2.66. The molecule has 0 spiro atoms. The third-order valence-electron chi connectivity index (χ3n) is 2.06. The van der Waals surface area contributed by atoms with Crippen LogP contribution in [0.1, 0.15) is 6.42 Å². The Balaban J connectivity index is 2.84. The van der Waals surface area contributed by atoms with Crippen molar-refractivity contribution in [3.05, 3.63) is 30.3 Å². The fraction of sp³-hybridized carbons (Fsp3) is 0.400. The lowest BCUT2D eigenvalue weighted by Gasteiger charge is -2.16. The van der Waals surface area contributed by atoms with Crippen molar-refractivity contribution < 1.29 is 8.42 Å². The Morgan fingerprint density at radius 1 is 1.27 bits per heavy atom. The van der Waals surface area contributed by atoms with E-state index in [1.165, 1.54) is 4.31 Å². The summed E-state index contributed by atoms with van der Waals surface area (Å²) in [4.78, 5) is 0.349. The van der Waals surface area contributed by atoms with Crippen molar-refractivity contribution in [2.24, 2.45) is 0 Å². The van der Waals surface area contributed by atoms with Gasteiger partial charge in [0.15, 0.2) is 0 Å². The molecule has 3 nitrogen and oxygen atoms in total. The Kier molecular flexibility index (Phi) is 4.76. The highest BCUT2D eigenvalue weighted by Crippen LogP contribution is 2.13. The molecule has 0 fully saturated rings. The molecule has 0 aliphatic heterocycles. The number of rotatable bonds is 5. The number of hydrogen-bond donors (Lipinski definition) is 0. The van der Waals surface area contributed by atoms with Crippen LogP contribution in [0.15, 0.2) is 35.2 Å². The van der Waals surface area contributed by atoms with Crippen LogP contribution in [0.4, 0.5) is 0 Å². The van der Waals surface area contributed by atoms with Crippen LogP contribution < -0.4 is 0 Å². The quantitative estimate of drug-likeness (QED) is 0.779. The zero-order valence-corrected chi connectivity index (χ0v) is 11.0. The number of halogens is 1. The predicted molar refractivity (Wildman–Crippen MR) is 64.7 cm³/mol. The highest BCUT2D eigenvalue weighted by atomic mass is 79.9. The summed E-state index contributed by atoms with van der Waals surface area (Å²) in [6.45, 7) is 0.530. The third-order valence-corrected chi connectivity index (χ3v) is 4.49. The van der Waals surface area contributed by atoms with Crippen LogP contribution >= 0.6 is 15.9 Å². The fourth-order valence-electron chi connectivity index (χ4n) is 1.18. The third kappa shape index (κ3) is 3.29. The first-order valence-electron chi connectivity index (χ1n) is 4.66. The predicted octanol–water partition coefficient (Wildman–Crippen LogP) is 2.09. The van der Waals surface area contributed by atoms with Gasteiger partial charge in [0.05, 0.1) is 4.90 Å². The average molecular weight is 292 g/mol. The molecule has 0 amide bonds. The maximum atomic E-state index is 11.9. The minimum Gasteiger partial charge on any atom is -0.207 e. The molecule has 0 aromatic heterocycles. The van der Waals surface area contributed by atoms with Gasteiger partial charge >= 0.3 is 0 Å². The zero-order valence-electron chi connectivity index (χ0n) is 8.56. The molecular formula is C10H14BrNO2S. The van der Waals surface area contributed by atoms with Crippen molar-refractivity contribution in [3.63, 3.8) is 0 Å². The number of hydrogen-bond acceptors (Lipinski definition) is 2. The van der Waals surface area contributed by atoms with Crippen molar-refractivity contribution in [1.29, 1.82) is 0 Å². The number of sulfonamides is 1. The Labute approximate surface area is 99.3 Å². The van der Waals surface area contributed by atoms with Crippen molar-refractivity contribution in [2.75, 3.05) is 18.9 Å². The number of nitrogens with zero attached hydrogens (tertiary/aromatic N) is 1. The molecule has 0 atom stereocenters. The van der Waals surface area contributed by atoms with Gasteiger partial charge in [-0.25, -0.2) is 12.7 Å². The topological polar surface area (TPSA) is 37.4 Å². The molecule has 0 saturated carbocycles. The summed E-state index contributed by atoms with van der Waals surface area (Å²) in [7, 11) is -1.70. The smallest absolute Gasteiger partial charge is 0.207 e. The average Bonchev–Trinajstić information content (AvgIpc) is 2.27. The Morgan fingerprint density at radius 3 is 2.40 bits per heavy atom. The molecule has 1 aromatic carbocycles. The maximum absolute atomic E-state index is 11.9. The highest BCUT2D eigenvalue weighted by Gasteiger charge is 2.19. The van der Waals surface area contributed by atoms with E-state index < -0.39 is 10.0 Å². The molecule has 0 heterocycles. The summed E-state index contributed by atoms with van der Waals surface area (Å²) in [5.74, 6) is 0. The molecule has 15 heavy (non-hydrogen) atoms. The van der Waals surface area contributed by atoms with Crippen LogP contribution in [0.5, 0.6) is 0 Å². The maximum Gasteiger partial charge on any atom is 0.242 e. The first-order chi connectivity index (χ1) is 7.09. The van der Waals surface area contributed by atoms with Gasteiger partial charge in [-0.2, -0.15) is 0 Å². The SMILES string of the molecule is CN(CCCBr)S(=O)(=O)c1ccccc1. The molecule has 0 unspecified atom stereocenters. The van der Waals surface area contributed by atoms with E-state index in [0.29, 0.717) is 11.4 Å². The minimum absolute atomic E-state index is 0.349. The summed E-state index contributed by atoms with van der Waals surface area (Å²) < 4.78 is 25.3. The molecule has 5 heteroatoms. The van der Waals surface area contributed by atoms with Crippen LogP contribution in [0, 0.1) is 0 Å². The minimum atomic E-state index is -3.30. The Morgan fingerprint density at radius 2 is 1.87 bits per heavy atom. The van der Waals surface area contributed by atoms with E-state index in [9.17, 15) is 8.42 Å². The van der Waals surface area contributed by atoms with Gasteiger partial charge in [-0.15, -0.1) is 0 Å². The Bertz CT molecular complexity index is 391. The molecule has 0 aliphatic rings. The van der Waals surface area contributed by atoms with Gasteiger partial charge in [0.2, 0.25) is 10.0 Å². The van der Waals surface area contributed by atoms with E-state index in [-0.39, 0.29) is 0 Å². The monoisotopic (exact) mass is 291 g/mol. The van der Waals surface area contributed by atoms with Crippen molar-refractivity contribution in [3.8, 4) is 0 Å². The Hall–Kier alpha value is -0.390. The first-order valence-corrected chi connectivity index (χ1v) is 7.22. The number of benzene rings is 1. The van der Waals surface area contributed by atoms with Gasteiger partial charge < -0.3 is 0 Å². The summed E-state index contributed by atoms with van der Waals surface area (Å²) in [6.07, 6.45) is 0.808. The van der Waals surface area contributed by atoms with Crippen LogP contribution in [0.25, 0.3) is 0 Å². The van der Waals surface area contributed by atoms with Gasteiger partial charge in [0.1, 0.15) is 0 Å². The summed E-state index contributed by atoms with van der Waals surface area (Å²) in [5.41, 5.74) is 0. The molecule has 84 valence electrons. The number of alkyl halides is 1. The molecule has 0 N–H and O–H groups in total. The second-order valence-electron chi connectivity index (χ2n) is 3.18. The summed E-state index contributed by atoms with van der Waals surface area (Å²) >= 11 is 3.28. The van der Waals surface area contributed by atoms with E-state index >= 15 is 0 Å². The lowest BCUT2D eigenvalue weighted by atomic mass is 10.4. The molecule has 0 radical (unpaired) electrons. The second-order valence-corrected chi connectivity index (χ2v) is 6.02. The van der Waals surface area contributed by atoms with Crippen molar-refractivity contribution in [1.82, 2.24) is 4.31 Å².